The molecule has 0 spiro atoms. The van der Waals surface area contributed by atoms with E-state index in [0.29, 0.717) is 6.42 Å². The van der Waals surface area contributed by atoms with E-state index < -0.39 is 32.5 Å². The zero-order valence-electron chi connectivity index (χ0n) is 32.3. The van der Waals surface area contributed by atoms with Gasteiger partial charge >= 0.3 is 19.8 Å². The average molecular weight is 729 g/mol. The van der Waals surface area contributed by atoms with Gasteiger partial charge in [0, 0.05) is 12.8 Å². The predicted molar refractivity (Wildman–Crippen MR) is 207 cm³/mol. The maximum atomic E-state index is 12.4. The standard InChI is InChI=1S/C41H77O8P/c1-3-5-7-9-11-13-15-17-19-20-22-24-26-28-30-32-34-36-41(43)49-39(38-48-50(44,45)46)37-47-40(42)35-33-31-29-27-25-23-21-18-16-14-12-10-8-6-4-2/h10,12,17,19,39H,3-9,11,13-16,18,20-38H2,1-2H3,(H2,44,45,46)/b12-10+,19-17+/t39-/m1/s1. The Morgan fingerprint density at radius 3 is 1.28 bits per heavy atom. The molecule has 0 aliphatic rings. The number of carbonyl (C=O) groups is 2. The normalized spacial score (nSPS) is 12.6. The molecule has 0 heterocycles. The van der Waals surface area contributed by atoms with Crippen LogP contribution in [0.4, 0.5) is 0 Å². The molecule has 0 radical (unpaired) electrons. The van der Waals surface area contributed by atoms with Gasteiger partial charge in [-0.1, -0.05) is 160 Å². The van der Waals surface area contributed by atoms with Crippen molar-refractivity contribution in [3.63, 3.8) is 0 Å². The van der Waals surface area contributed by atoms with Crippen molar-refractivity contribution in [1.29, 1.82) is 0 Å². The average Bonchev–Trinajstić information content (AvgIpc) is 3.08. The number of unbranched alkanes of at least 4 members (excludes halogenated alkanes) is 24. The molecular formula is C41H77O8P. The molecule has 1 atom stereocenters. The molecule has 0 amide bonds. The number of phosphoric acid groups is 1. The lowest BCUT2D eigenvalue weighted by molar-refractivity contribution is -0.161. The smallest absolute Gasteiger partial charge is 0.462 e. The van der Waals surface area contributed by atoms with Crippen molar-refractivity contribution in [2.45, 2.75) is 213 Å². The maximum absolute atomic E-state index is 12.4. The summed E-state index contributed by atoms with van der Waals surface area (Å²) >= 11 is 0. The first-order chi connectivity index (χ1) is 24.3. The Balaban J connectivity index is 3.91. The minimum atomic E-state index is -4.75. The second-order valence-electron chi connectivity index (χ2n) is 14.0. The van der Waals surface area contributed by atoms with Crippen LogP contribution in [0.2, 0.25) is 0 Å². The minimum absolute atomic E-state index is 0.209. The molecule has 9 heteroatoms. The number of carbonyl (C=O) groups excluding carboxylic acids is 2. The van der Waals surface area contributed by atoms with Crippen LogP contribution in [0, 0.1) is 0 Å². The van der Waals surface area contributed by atoms with Crippen LogP contribution in [-0.2, 0) is 28.2 Å². The van der Waals surface area contributed by atoms with E-state index in [1.807, 2.05) is 0 Å². The van der Waals surface area contributed by atoms with Crippen LogP contribution in [0.3, 0.4) is 0 Å². The molecule has 0 aromatic rings. The van der Waals surface area contributed by atoms with Crippen LogP contribution in [0.25, 0.3) is 0 Å². The number of allylic oxidation sites excluding steroid dienone is 4. The summed E-state index contributed by atoms with van der Waals surface area (Å²) < 4.78 is 26.4. The Morgan fingerprint density at radius 1 is 0.500 bits per heavy atom. The van der Waals surface area contributed by atoms with E-state index in [1.54, 1.807) is 0 Å². The Labute approximate surface area is 307 Å². The molecule has 0 aromatic heterocycles. The van der Waals surface area contributed by atoms with Crippen molar-refractivity contribution >= 4 is 19.8 Å². The van der Waals surface area contributed by atoms with E-state index in [1.165, 1.54) is 128 Å². The van der Waals surface area contributed by atoms with E-state index in [0.717, 1.165) is 44.9 Å². The van der Waals surface area contributed by atoms with Crippen molar-refractivity contribution < 1.29 is 37.9 Å². The first-order valence-corrected chi connectivity index (χ1v) is 22.2. The molecule has 0 saturated carbocycles. The molecule has 50 heavy (non-hydrogen) atoms. The second-order valence-corrected chi connectivity index (χ2v) is 15.2. The zero-order valence-corrected chi connectivity index (χ0v) is 33.2. The van der Waals surface area contributed by atoms with Gasteiger partial charge in [0.2, 0.25) is 0 Å². The molecule has 0 aromatic carbocycles. The van der Waals surface area contributed by atoms with Crippen LogP contribution in [0.15, 0.2) is 24.3 Å². The third kappa shape index (κ3) is 39.3. The highest BCUT2D eigenvalue weighted by Gasteiger charge is 2.22. The van der Waals surface area contributed by atoms with E-state index in [-0.39, 0.29) is 19.4 Å². The van der Waals surface area contributed by atoms with Crippen LogP contribution >= 0.6 is 7.82 Å². The van der Waals surface area contributed by atoms with Gasteiger partial charge in [0.25, 0.3) is 0 Å². The number of esters is 2. The van der Waals surface area contributed by atoms with Gasteiger partial charge in [-0.15, -0.1) is 0 Å². The summed E-state index contributed by atoms with van der Waals surface area (Å²) in [6.07, 6.45) is 41.8. The van der Waals surface area contributed by atoms with Crippen LogP contribution in [0.5, 0.6) is 0 Å². The van der Waals surface area contributed by atoms with Crippen molar-refractivity contribution in [3.05, 3.63) is 24.3 Å². The number of ether oxygens (including phenoxy) is 2. The third-order valence-corrected chi connectivity index (χ3v) is 9.43. The fraction of sp³-hybridized carbons (Fsp3) is 0.854. The van der Waals surface area contributed by atoms with Crippen molar-refractivity contribution in [2.75, 3.05) is 13.2 Å². The third-order valence-electron chi connectivity index (χ3n) is 8.94. The number of rotatable bonds is 38. The fourth-order valence-corrected chi connectivity index (χ4v) is 6.18. The lowest BCUT2D eigenvalue weighted by atomic mass is 10.1. The van der Waals surface area contributed by atoms with E-state index >= 15 is 0 Å². The molecule has 0 aliphatic heterocycles. The summed E-state index contributed by atoms with van der Waals surface area (Å²) in [4.78, 5) is 42.8. The molecule has 0 aliphatic carbocycles. The molecule has 0 unspecified atom stereocenters. The zero-order chi connectivity index (χ0) is 36.8. The lowest BCUT2D eigenvalue weighted by Gasteiger charge is -2.18. The van der Waals surface area contributed by atoms with Crippen molar-refractivity contribution in [1.82, 2.24) is 0 Å². The topological polar surface area (TPSA) is 119 Å². The number of hydrogen-bond acceptors (Lipinski definition) is 6. The van der Waals surface area contributed by atoms with E-state index in [9.17, 15) is 14.2 Å². The summed E-state index contributed by atoms with van der Waals surface area (Å²) in [5.74, 6) is -0.887. The second kappa shape index (κ2) is 37.3. The van der Waals surface area contributed by atoms with Gasteiger partial charge in [-0.2, -0.15) is 0 Å². The molecule has 8 nitrogen and oxygen atoms in total. The van der Waals surface area contributed by atoms with Gasteiger partial charge < -0.3 is 19.3 Å². The highest BCUT2D eigenvalue weighted by atomic mass is 31.2. The number of hydrogen-bond donors (Lipinski definition) is 2. The molecule has 2 N–H and O–H groups in total. The Kier molecular flexibility index (Phi) is 36.2. The molecule has 0 rings (SSSR count). The van der Waals surface area contributed by atoms with Crippen LogP contribution in [-0.4, -0.2) is 41.0 Å². The number of phosphoric ester groups is 1. The summed E-state index contributed by atoms with van der Waals surface area (Å²) in [7, 11) is -4.75. The summed E-state index contributed by atoms with van der Waals surface area (Å²) in [6.45, 7) is 3.66. The highest BCUT2D eigenvalue weighted by Crippen LogP contribution is 2.36. The summed E-state index contributed by atoms with van der Waals surface area (Å²) in [6, 6.07) is 0. The summed E-state index contributed by atoms with van der Waals surface area (Å²) in [5, 5.41) is 0. The Bertz CT molecular complexity index is 869. The molecule has 0 bridgehead atoms. The van der Waals surface area contributed by atoms with E-state index in [4.69, 9.17) is 19.3 Å². The largest absolute Gasteiger partial charge is 0.469 e. The first kappa shape index (κ1) is 48.5. The van der Waals surface area contributed by atoms with Crippen molar-refractivity contribution in [2.24, 2.45) is 0 Å². The van der Waals surface area contributed by atoms with Gasteiger partial charge in [0.15, 0.2) is 6.10 Å². The molecule has 0 saturated heterocycles. The van der Waals surface area contributed by atoms with Crippen LogP contribution < -0.4 is 0 Å². The van der Waals surface area contributed by atoms with Crippen molar-refractivity contribution in [3.8, 4) is 0 Å². The maximum Gasteiger partial charge on any atom is 0.469 e. The van der Waals surface area contributed by atoms with Gasteiger partial charge in [-0.05, 0) is 57.8 Å². The van der Waals surface area contributed by atoms with Gasteiger partial charge in [-0.25, -0.2) is 4.57 Å². The monoisotopic (exact) mass is 729 g/mol. The van der Waals surface area contributed by atoms with Gasteiger partial charge in [0.05, 0.1) is 6.61 Å². The summed E-state index contributed by atoms with van der Waals surface area (Å²) in [5.41, 5.74) is 0. The molecule has 294 valence electrons. The fourth-order valence-electron chi connectivity index (χ4n) is 5.82. The highest BCUT2D eigenvalue weighted by molar-refractivity contribution is 7.46. The van der Waals surface area contributed by atoms with Gasteiger partial charge in [-0.3, -0.25) is 14.1 Å². The quantitative estimate of drug-likeness (QED) is 0.0279. The van der Waals surface area contributed by atoms with E-state index in [2.05, 4.69) is 42.7 Å². The predicted octanol–water partition coefficient (Wildman–Crippen LogP) is 12.4. The Hall–Kier alpha value is -1.47. The Morgan fingerprint density at radius 2 is 0.860 bits per heavy atom. The molecule has 0 fully saturated rings. The SMILES string of the molecule is CCCC/C=C/CCCCCCCCCCCC(=O)OC[C@H](COP(=O)(O)O)OC(=O)CCCCCCCCC/C=C/CCCCCCCC. The van der Waals surface area contributed by atoms with Crippen LogP contribution in [0.1, 0.15) is 206 Å². The minimum Gasteiger partial charge on any atom is -0.462 e. The molecular weight excluding hydrogens is 651 g/mol. The lowest BCUT2D eigenvalue weighted by Crippen LogP contribution is -2.29. The van der Waals surface area contributed by atoms with Gasteiger partial charge in [0.1, 0.15) is 6.61 Å². The first-order valence-electron chi connectivity index (χ1n) is 20.6.